The predicted octanol–water partition coefficient (Wildman–Crippen LogP) is 2.59. The summed E-state index contributed by atoms with van der Waals surface area (Å²) in [6.07, 6.45) is 7.38. The number of aryl methyl sites for hydroxylation is 1. The highest BCUT2D eigenvalue weighted by atomic mass is 32.2. The molecule has 0 unspecified atom stereocenters. The van der Waals surface area contributed by atoms with Gasteiger partial charge in [-0.05, 0) is 31.4 Å². The van der Waals surface area contributed by atoms with Crippen molar-refractivity contribution in [2.24, 2.45) is 0 Å². The van der Waals surface area contributed by atoms with Gasteiger partial charge in [0.25, 0.3) is 0 Å². The molecular weight excluding hydrogens is 310 g/mol. The topological polar surface area (TPSA) is 53.5 Å². The number of hydrogen-bond acceptors (Lipinski definition) is 4. The quantitative estimate of drug-likeness (QED) is 0.850. The van der Waals surface area contributed by atoms with Crippen LogP contribution < -0.4 is 4.90 Å². The number of carbonyl (C=O) groups excluding carboxylic acids is 2. The number of anilines is 1. The van der Waals surface area contributed by atoms with Crippen LogP contribution in [0.25, 0.3) is 0 Å². The van der Waals surface area contributed by atoms with Crippen LogP contribution in [-0.2, 0) is 9.59 Å². The lowest BCUT2D eigenvalue weighted by molar-refractivity contribution is -0.131. The van der Waals surface area contributed by atoms with Gasteiger partial charge in [-0.15, -0.1) is 11.8 Å². The third-order valence-electron chi connectivity index (χ3n) is 4.50. The first-order valence-electron chi connectivity index (χ1n) is 8.25. The van der Waals surface area contributed by atoms with Crippen LogP contribution in [0.5, 0.6) is 0 Å². The molecule has 23 heavy (non-hydrogen) atoms. The fraction of sp³-hybridized carbons (Fsp3) is 0.588. The van der Waals surface area contributed by atoms with E-state index in [4.69, 9.17) is 0 Å². The van der Waals surface area contributed by atoms with Crippen LogP contribution in [0.1, 0.15) is 37.7 Å². The third kappa shape index (κ3) is 3.86. The van der Waals surface area contributed by atoms with Crippen molar-refractivity contribution in [2.75, 3.05) is 23.1 Å². The van der Waals surface area contributed by atoms with Crippen LogP contribution in [0.3, 0.4) is 0 Å². The first kappa shape index (κ1) is 16.3. The van der Waals surface area contributed by atoms with E-state index in [-0.39, 0.29) is 24.4 Å². The van der Waals surface area contributed by atoms with Gasteiger partial charge in [0.2, 0.25) is 11.8 Å². The van der Waals surface area contributed by atoms with E-state index in [2.05, 4.69) is 4.98 Å². The van der Waals surface area contributed by atoms with E-state index in [1.54, 1.807) is 22.9 Å². The normalized spacial score (nSPS) is 19.2. The molecule has 6 heteroatoms. The number of carbonyl (C=O) groups is 2. The molecule has 1 aromatic heterocycles. The van der Waals surface area contributed by atoms with Crippen molar-refractivity contribution >= 4 is 29.4 Å². The van der Waals surface area contributed by atoms with Crippen LogP contribution in [-0.4, -0.2) is 45.9 Å². The van der Waals surface area contributed by atoms with Gasteiger partial charge < -0.3 is 4.90 Å². The maximum atomic E-state index is 12.9. The van der Waals surface area contributed by atoms with Crippen LogP contribution in [0, 0.1) is 6.92 Å². The second-order valence-electron chi connectivity index (χ2n) is 6.32. The Morgan fingerprint density at radius 2 is 2.13 bits per heavy atom. The second-order valence-corrected chi connectivity index (χ2v) is 7.27. The van der Waals surface area contributed by atoms with Crippen molar-refractivity contribution < 1.29 is 9.59 Å². The summed E-state index contributed by atoms with van der Waals surface area (Å²) in [4.78, 5) is 32.7. The molecule has 1 saturated heterocycles. The zero-order valence-corrected chi connectivity index (χ0v) is 14.3. The summed E-state index contributed by atoms with van der Waals surface area (Å²) < 4.78 is 0. The maximum absolute atomic E-state index is 12.9. The van der Waals surface area contributed by atoms with Crippen LogP contribution >= 0.6 is 11.8 Å². The molecule has 0 N–H and O–H groups in total. The highest BCUT2D eigenvalue weighted by molar-refractivity contribution is 8.00. The number of rotatable bonds is 4. The molecule has 2 aliphatic rings. The highest BCUT2D eigenvalue weighted by Gasteiger charge is 2.31. The lowest BCUT2D eigenvalue weighted by Gasteiger charge is -2.34. The Morgan fingerprint density at radius 1 is 1.35 bits per heavy atom. The molecule has 124 valence electrons. The first-order valence-corrected chi connectivity index (χ1v) is 9.41. The number of pyridine rings is 1. The second kappa shape index (κ2) is 7.34. The van der Waals surface area contributed by atoms with Crippen LogP contribution in [0.15, 0.2) is 18.3 Å². The molecule has 0 radical (unpaired) electrons. The van der Waals surface area contributed by atoms with Crippen molar-refractivity contribution in [1.82, 2.24) is 9.88 Å². The Hall–Kier alpha value is -1.56. The zero-order valence-electron chi connectivity index (χ0n) is 13.5. The molecule has 0 spiro atoms. The summed E-state index contributed by atoms with van der Waals surface area (Å²) in [6.45, 7) is 2.15. The lowest BCUT2D eigenvalue weighted by atomic mass is 9.94. The predicted molar refractivity (Wildman–Crippen MR) is 92.4 cm³/mol. The lowest BCUT2D eigenvalue weighted by Crippen LogP contribution is -2.47. The number of aromatic nitrogens is 1. The Balaban J connectivity index is 1.80. The van der Waals surface area contributed by atoms with E-state index in [0.29, 0.717) is 17.4 Å². The number of hydrogen-bond donors (Lipinski definition) is 0. The van der Waals surface area contributed by atoms with Gasteiger partial charge in [0.1, 0.15) is 12.4 Å². The monoisotopic (exact) mass is 333 g/mol. The number of amides is 2. The van der Waals surface area contributed by atoms with E-state index in [9.17, 15) is 9.59 Å². The van der Waals surface area contributed by atoms with Gasteiger partial charge in [-0.25, -0.2) is 4.98 Å². The molecule has 0 bridgehead atoms. The van der Waals surface area contributed by atoms with Crippen molar-refractivity contribution in [1.29, 1.82) is 0 Å². The van der Waals surface area contributed by atoms with Gasteiger partial charge in [0, 0.05) is 12.2 Å². The zero-order chi connectivity index (χ0) is 16.2. The summed E-state index contributed by atoms with van der Waals surface area (Å²) in [5.74, 6) is 1.86. The molecule has 2 amide bonds. The van der Waals surface area contributed by atoms with Gasteiger partial charge in [-0.3, -0.25) is 14.5 Å². The largest absolute Gasteiger partial charge is 0.323 e. The van der Waals surface area contributed by atoms with E-state index < -0.39 is 0 Å². The molecule has 1 aliphatic carbocycles. The van der Waals surface area contributed by atoms with E-state index in [0.717, 1.165) is 31.2 Å². The smallest absolute Gasteiger partial charge is 0.248 e. The maximum Gasteiger partial charge on any atom is 0.248 e. The van der Waals surface area contributed by atoms with E-state index in [1.807, 2.05) is 24.0 Å². The molecule has 5 nitrogen and oxygen atoms in total. The molecule has 3 rings (SSSR count). The van der Waals surface area contributed by atoms with E-state index in [1.165, 1.54) is 6.42 Å². The van der Waals surface area contributed by atoms with Crippen molar-refractivity contribution in [3.05, 3.63) is 23.9 Å². The number of nitrogens with zero attached hydrogens (tertiary/aromatic N) is 3. The fourth-order valence-corrected chi connectivity index (χ4v) is 4.14. The van der Waals surface area contributed by atoms with Gasteiger partial charge in [0.15, 0.2) is 0 Å². The van der Waals surface area contributed by atoms with Crippen molar-refractivity contribution in [3.63, 3.8) is 0 Å². The van der Waals surface area contributed by atoms with Crippen molar-refractivity contribution in [3.8, 4) is 0 Å². The molecule has 0 atom stereocenters. The van der Waals surface area contributed by atoms with Crippen LogP contribution in [0.4, 0.5) is 5.82 Å². The fourth-order valence-electron chi connectivity index (χ4n) is 3.24. The molecular formula is C17H23N3O2S. The summed E-state index contributed by atoms with van der Waals surface area (Å²) in [5.41, 5.74) is 1.08. The summed E-state index contributed by atoms with van der Waals surface area (Å²) in [7, 11) is 0. The molecule has 1 saturated carbocycles. The first-order chi connectivity index (χ1) is 11.1. The Bertz CT molecular complexity index is 570. The van der Waals surface area contributed by atoms with Gasteiger partial charge in [-0.2, -0.15) is 0 Å². The SMILES string of the molecule is Cc1ccc(N(C(=O)CN2CSCC2=O)C2CCCCC2)nc1. The van der Waals surface area contributed by atoms with E-state index >= 15 is 0 Å². The molecule has 0 aromatic carbocycles. The minimum absolute atomic E-state index is 0.0101. The molecule has 1 aliphatic heterocycles. The number of thioether (sulfide) groups is 1. The van der Waals surface area contributed by atoms with Gasteiger partial charge in [0.05, 0.1) is 11.6 Å². The average molecular weight is 333 g/mol. The average Bonchev–Trinajstić information content (AvgIpc) is 2.96. The molecule has 2 heterocycles. The standard InChI is InChI=1S/C17H23N3O2S/c1-13-7-8-15(18-9-13)20(14-5-3-2-4-6-14)16(21)10-19-12-23-11-17(19)22/h7-9,14H,2-6,10-12H2,1H3. The third-order valence-corrected chi connectivity index (χ3v) is 5.45. The summed E-state index contributed by atoms with van der Waals surface area (Å²) >= 11 is 1.57. The Morgan fingerprint density at radius 3 is 2.74 bits per heavy atom. The minimum atomic E-state index is -0.0101. The minimum Gasteiger partial charge on any atom is -0.323 e. The van der Waals surface area contributed by atoms with Crippen molar-refractivity contribution in [2.45, 2.75) is 45.1 Å². The summed E-state index contributed by atoms with van der Waals surface area (Å²) in [5, 5.41) is 0. The van der Waals surface area contributed by atoms with Gasteiger partial charge >= 0.3 is 0 Å². The van der Waals surface area contributed by atoms with Crippen LogP contribution in [0.2, 0.25) is 0 Å². The highest BCUT2D eigenvalue weighted by Crippen LogP contribution is 2.27. The Kier molecular flexibility index (Phi) is 5.20. The summed E-state index contributed by atoms with van der Waals surface area (Å²) in [6, 6.07) is 4.11. The van der Waals surface area contributed by atoms with Gasteiger partial charge in [-0.1, -0.05) is 25.3 Å². The molecule has 2 fully saturated rings. The molecule has 1 aromatic rings. The Labute approximate surface area is 141 Å².